The van der Waals surface area contributed by atoms with E-state index >= 15 is 0 Å². The van der Waals surface area contributed by atoms with Crippen molar-refractivity contribution in [1.82, 2.24) is 9.47 Å². The van der Waals surface area contributed by atoms with Gasteiger partial charge in [-0.1, -0.05) is 12.1 Å². The normalized spacial score (nSPS) is 11.2. The molecule has 0 saturated carbocycles. The van der Waals surface area contributed by atoms with Gasteiger partial charge < -0.3 is 14.2 Å². The first-order chi connectivity index (χ1) is 9.54. The van der Waals surface area contributed by atoms with Crippen molar-refractivity contribution >= 4 is 16.7 Å². The monoisotopic (exact) mass is 274 g/mol. The number of methoxy groups -OCH3 is 1. The zero-order valence-corrected chi connectivity index (χ0v) is 12.6. The van der Waals surface area contributed by atoms with E-state index in [1.54, 1.807) is 14.0 Å². The van der Waals surface area contributed by atoms with E-state index < -0.39 is 0 Å². The molecule has 0 spiro atoms. The Morgan fingerprint density at radius 1 is 1.35 bits per heavy atom. The zero-order valence-electron chi connectivity index (χ0n) is 12.6. The Morgan fingerprint density at radius 3 is 2.70 bits per heavy atom. The zero-order chi connectivity index (χ0) is 14.7. The fourth-order valence-corrected chi connectivity index (χ4v) is 2.50. The minimum Gasteiger partial charge on any atom is -0.495 e. The number of aryl methyl sites for hydroxylation is 1. The van der Waals surface area contributed by atoms with Crippen molar-refractivity contribution in [1.29, 1.82) is 0 Å². The predicted octanol–water partition coefficient (Wildman–Crippen LogP) is 2.80. The second kappa shape index (κ2) is 6.09. The summed E-state index contributed by atoms with van der Waals surface area (Å²) in [6.45, 7) is 3.50. The molecule has 0 aliphatic carbocycles. The van der Waals surface area contributed by atoms with Crippen LogP contribution in [0.4, 0.5) is 0 Å². The van der Waals surface area contributed by atoms with Gasteiger partial charge in [0.2, 0.25) is 0 Å². The molecule has 0 bridgehead atoms. The number of rotatable bonds is 6. The minimum atomic E-state index is 0.0922. The van der Waals surface area contributed by atoms with Gasteiger partial charge in [-0.2, -0.15) is 0 Å². The summed E-state index contributed by atoms with van der Waals surface area (Å²) in [4.78, 5) is 14.0. The SMILES string of the molecule is COc1cccc2c(C(C)=O)cn(CCCN(C)C)c12. The smallest absolute Gasteiger partial charge is 0.161 e. The molecule has 0 aliphatic heterocycles. The number of Topliss-reactive ketones (excluding diaryl/α,β-unsaturated/α-hetero) is 1. The number of nitrogens with zero attached hydrogens (tertiary/aromatic N) is 2. The molecule has 4 nitrogen and oxygen atoms in total. The van der Waals surface area contributed by atoms with Crippen LogP contribution in [0.1, 0.15) is 23.7 Å². The van der Waals surface area contributed by atoms with Gasteiger partial charge in [0.25, 0.3) is 0 Å². The molecule has 1 heterocycles. The van der Waals surface area contributed by atoms with Gasteiger partial charge >= 0.3 is 0 Å². The van der Waals surface area contributed by atoms with Gasteiger partial charge in [-0.05, 0) is 40.1 Å². The molecule has 2 aromatic rings. The lowest BCUT2D eigenvalue weighted by molar-refractivity contribution is 0.101. The molecule has 0 N–H and O–H groups in total. The highest BCUT2D eigenvalue weighted by Gasteiger charge is 2.15. The van der Waals surface area contributed by atoms with Crippen molar-refractivity contribution in [2.45, 2.75) is 19.9 Å². The first kappa shape index (κ1) is 14.6. The fraction of sp³-hybridized carbons (Fsp3) is 0.438. The van der Waals surface area contributed by atoms with Crippen LogP contribution in [0.2, 0.25) is 0 Å². The molecule has 0 radical (unpaired) electrons. The van der Waals surface area contributed by atoms with Crippen molar-refractivity contribution in [3.63, 3.8) is 0 Å². The molecule has 2 rings (SSSR count). The number of ether oxygens (including phenoxy) is 1. The van der Waals surface area contributed by atoms with Crippen LogP contribution >= 0.6 is 0 Å². The van der Waals surface area contributed by atoms with E-state index in [0.717, 1.165) is 41.7 Å². The van der Waals surface area contributed by atoms with Crippen molar-refractivity contribution in [3.05, 3.63) is 30.0 Å². The van der Waals surface area contributed by atoms with Gasteiger partial charge in [-0.25, -0.2) is 0 Å². The number of carbonyl (C=O) groups excluding carboxylic acids is 1. The highest BCUT2D eigenvalue weighted by atomic mass is 16.5. The summed E-state index contributed by atoms with van der Waals surface area (Å²) in [5, 5.41) is 0.974. The standard InChI is InChI=1S/C16H22N2O2/c1-12(19)14-11-18(10-6-9-17(2)3)16-13(14)7-5-8-15(16)20-4/h5,7-8,11H,6,9-10H2,1-4H3. The van der Waals surface area contributed by atoms with Crippen molar-refractivity contribution < 1.29 is 9.53 Å². The third-order valence-electron chi connectivity index (χ3n) is 3.46. The Hall–Kier alpha value is -1.81. The maximum atomic E-state index is 11.8. The third-order valence-corrected chi connectivity index (χ3v) is 3.46. The molecule has 1 aromatic carbocycles. The second-order valence-electron chi connectivity index (χ2n) is 5.31. The Bertz CT molecular complexity index is 614. The Kier molecular flexibility index (Phi) is 4.45. The lowest BCUT2D eigenvalue weighted by Gasteiger charge is -2.11. The van der Waals surface area contributed by atoms with Crippen LogP contribution in [0.5, 0.6) is 5.75 Å². The first-order valence-corrected chi connectivity index (χ1v) is 6.86. The summed E-state index contributed by atoms with van der Waals surface area (Å²) in [5.41, 5.74) is 1.78. The van der Waals surface area contributed by atoms with Gasteiger partial charge in [0.1, 0.15) is 5.75 Å². The third kappa shape index (κ3) is 2.85. The largest absolute Gasteiger partial charge is 0.495 e. The van der Waals surface area contributed by atoms with E-state index in [0.29, 0.717) is 0 Å². The molecular weight excluding hydrogens is 252 g/mol. The van der Waals surface area contributed by atoms with Crippen LogP contribution in [0, 0.1) is 0 Å². The molecule has 20 heavy (non-hydrogen) atoms. The van der Waals surface area contributed by atoms with Gasteiger partial charge in [-0.3, -0.25) is 4.79 Å². The lowest BCUT2D eigenvalue weighted by atomic mass is 10.1. The van der Waals surface area contributed by atoms with Gasteiger partial charge in [0, 0.05) is 23.7 Å². The van der Waals surface area contributed by atoms with E-state index in [-0.39, 0.29) is 5.78 Å². The fourth-order valence-electron chi connectivity index (χ4n) is 2.50. The van der Waals surface area contributed by atoms with E-state index in [1.165, 1.54) is 0 Å². The van der Waals surface area contributed by atoms with Gasteiger partial charge in [0.05, 0.1) is 12.6 Å². The van der Waals surface area contributed by atoms with Crippen LogP contribution in [0.15, 0.2) is 24.4 Å². The second-order valence-corrected chi connectivity index (χ2v) is 5.31. The lowest BCUT2D eigenvalue weighted by Crippen LogP contribution is -2.14. The Labute approximate surface area is 119 Å². The molecule has 0 unspecified atom stereocenters. The van der Waals surface area contributed by atoms with E-state index in [9.17, 15) is 4.79 Å². The summed E-state index contributed by atoms with van der Waals surface area (Å²) in [6.07, 6.45) is 2.98. The highest BCUT2D eigenvalue weighted by molar-refractivity contribution is 6.08. The van der Waals surface area contributed by atoms with E-state index in [4.69, 9.17) is 4.74 Å². The molecule has 108 valence electrons. The molecular formula is C16H22N2O2. The average molecular weight is 274 g/mol. The molecule has 0 atom stereocenters. The summed E-state index contributed by atoms with van der Waals surface area (Å²) in [6, 6.07) is 5.85. The number of ketones is 1. The van der Waals surface area contributed by atoms with Crippen LogP contribution in [0.3, 0.4) is 0 Å². The molecule has 0 aliphatic rings. The molecule has 0 saturated heterocycles. The van der Waals surface area contributed by atoms with Crippen molar-refractivity contribution in [3.8, 4) is 5.75 Å². The van der Waals surface area contributed by atoms with Crippen molar-refractivity contribution in [2.75, 3.05) is 27.7 Å². The molecule has 1 aromatic heterocycles. The Morgan fingerprint density at radius 2 is 2.10 bits per heavy atom. The van der Waals surface area contributed by atoms with Crippen LogP contribution in [-0.2, 0) is 6.54 Å². The maximum Gasteiger partial charge on any atom is 0.161 e. The summed E-state index contributed by atoms with van der Waals surface area (Å²) in [7, 11) is 5.80. The van der Waals surface area contributed by atoms with E-state index in [1.807, 2.05) is 24.4 Å². The summed E-state index contributed by atoms with van der Waals surface area (Å²) < 4.78 is 7.58. The quantitative estimate of drug-likeness (QED) is 0.760. The van der Waals surface area contributed by atoms with Gasteiger partial charge in [-0.15, -0.1) is 0 Å². The number of para-hydroxylation sites is 1. The number of aromatic nitrogens is 1. The number of benzene rings is 1. The first-order valence-electron chi connectivity index (χ1n) is 6.86. The Balaban J connectivity index is 2.44. The predicted molar refractivity (Wildman–Crippen MR) is 81.7 cm³/mol. The molecule has 0 fully saturated rings. The molecule has 4 heteroatoms. The van der Waals surface area contributed by atoms with Crippen LogP contribution in [0.25, 0.3) is 10.9 Å². The maximum absolute atomic E-state index is 11.8. The highest BCUT2D eigenvalue weighted by Crippen LogP contribution is 2.30. The summed E-state index contributed by atoms with van der Waals surface area (Å²) >= 11 is 0. The van der Waals surface area contributed by atoms with Crippen LogP contribution in [-0.4, -0.2) is 43.0 Å². The number of carbonyl (C=O) groups is 1. The average Bonchev–Trinajstić information content (AvgIpc) is 2.77. The molecule has 0 amide bonds. The van der Waals surface area contributed by atoms with Gasteiger partial charge in [0.15, 0.2) is 5.78 Å². The summed E-state index contributed by atoms with van der Waals surface area (Å²) in [5.74, 6) is 0.912. The topological polar surface area (TPSA) is 34.5 Å². The number of hydrogen-bond acceptors (Lipinski definition) is 3. The minimum absolute atomic E-state index is 0.0922. The number of hydrogen-bond donors (Lipinski definition) is 0. The number of fused-ring (bicyclic) bond motifs is 1. The van der Waals surface area contributed by atoms with Crippen molar-refractivity contribution in [2.24, 2.45) is 0 Å². The van der Waals surface area contributed by atoms with E-state index in [2.05, 4.69) is 23.6 Å². The van der Waals surface area contributed by atoms with Crippen LogP contribution < -0.4 is 4.74 Å².